The number of anilines is 1. The average Bonchev–Trinajstić information content (AvgIpc) is 3.05. The number of benzene rings is 2. The summed E-state index contributed by atoms with van der Waals surface area (Å²) in [5.41, 5.74) is 2.28. The van der Waals surface area contributed by atoms with Crippen molar-refractivity contribution < 1.29 is 23.9 Å². The topological polar surface area (TPSA) is 97.0 Å². The molecule has 152 valence electrons. The number of methoxy groups -OCH3 is 2. The van der Waals surface area contributed by atoms with Gasteiger partial charge >= 0.3 is 6.03 Å². The molecule has 1 aliphatic rings. The second-order valence-corrected chi connectivity index (χ2v) is 7.15. The van der Waals surface area contributed by atoms with E-state index in [2.05, 4.69) is 10.6 Å². The molecule has 9 heteroatoms. The van der Waals surface area contributed by atoms with E-state index in [-0.39, 0.29) is 29.5 Å². The Kier molecular flexibility index (Phi) is 6.61. The Labute approximate surface area is 172 Å². The van der Waals surface area contributed by atoms with E-state index in [1.54, 1.807) is 50.6 Å². The second kappa shape index (κ2) is 9.33. The number of imide groups is 1. The predicted molar refractivity (Wildman–Crippen MR) is 110 cm³/mol. The van der Waals surface area contributed by atoms with E-state index in [0.717, 1.165) is 22.9 Å². The lowest BCUT2D eigenvalue weighted by Crippen LogP contribution is -2.28. The van der Waals surface area contributed by atoms with Gasteiger partial charge in [0.25, 0.3) is 5.24 Å². The van der Waals surface area contributed by atoms with Crippen LogP contribution in [0.15, 0.2) is 42.5 Å². The third-order valence-corrected chi connectivity index (χ3v) is 5.15. The third-order valence-electron chi connectivity index (χ3n) is 4.29. The van der Waals surface area contributed by atoms with Gasteiger partial charge < -0.3 is 20.1 Å². The number of carbonyl (C=O) groups excluding carboxylic acids is 3. The van der Waals surface area contributed by atoms with Crippen LogP contribution in [0.5, 0.6) is 11.5 Å². The SMILES string of the molecule is COc1ccc(CNC(=O)Nc2ccc(CN3C(=O)CSC3=O)cc2)cc1OC. The van der Waals surface area contributed by atoms with Gasteiger partial charge in [-0.05, 0) is 35.4 Å². The fraction of sp³-hybridized carbons (Fsp3) is 0.250. The zero-order chi connectivity index (χ0) is 20.8. The molecule has 1 heterocycles. The lowest BCUT2D eigenvalue weighted by molar-refractivity contribution is -0.125. The van der Waals surface area contributed by atoms with Crippen molar-refractivity contribution >= 4 is 34.6 Å². The number of ether oxygens (including phenoxy) is 2. The van der Waals surface area contributed by atoms with E-state index in [1.807, 2.05) is 6.07 Å². The van der Waals surface area contributed by atoms with Crippen molar-refractivity contribution in [2.45, 2.75) is 13.1 Å². The Bertz CT molecular complexity index is 901. The van der Waals surface area contributed by atoms with Crippen LogP contribution in [-0.2, 0) is 17.9 Å². The van der Waals surface area contributed by atoms with Crippen molar-refractivity contribution in [1.82, 2.24) is 10.2 Å². The molecule has 1 saturated heterocycles. The van der Waals surface area contributed by atoms with Crippen LogP contribution in [0, 0.1) is 0 Å². The summed E-state index contributed by atoms with van der Waals surface area (Å²) in [5, 5.41) is 5.29. The Morgan fingerprint density at radius 3 is 2.34 bits per heavy atom. The van der Waals surface area contributed by atoms with Crippen LogP contribution in [0.4, 0.5) is 15.3 Å². The van der Waals surface area contributed by atoms with Crippen molar-refractivity contribution in [3.8, 4) is 11.5 Å². The molecule has 2 aromatic rings. The lowest BCUT2D eigenvalue weighted by Gasteiger charge is -2.13. The minimum Gasteiger partial charge on any atom is -0.493 e. The lowest BCUT2D eigenvalue weighted by atomic mass is 10.2. The van der Waals surface area contributed by atoms with Crippen LogP contribution in [-0.4, -0.2) is 42.0 Å². The van der Waals surface area contributed by atoms with Gasteiger partial charge in [-0.3, -0.25) is 14.5 Å². The molecular formula is C20H21N3O5S. The van der Waals surface area contributed by atoms with Crippen LogP contribution < -0.4 is 20.1 Å². The molecule has 0 bridgehead atoms. The number of hydrogen-bond donors (Lipinski definition) is 2. The summed E-state index contributed by atoms with van der Waals surface area (Å²) in [6, 6.07) is 12.1. The Morgan fingerprint density at radius 1 is 1.03 bits per heavy atom. The molecule has 0 saturated carbocycles. The largest absolute Gasteiger partial charge is 0.493 e. The Hall–Kier alpha value is -3.20. The predicted octanol–water partition coefficient (Wildman–Crippen LogP) is 3.22. The smallest absolute Gasteiger partial charge is 0.319 e. The van der Waals surface area contributed by atoms with Crippen molar-refractivity contribution in [2.75, 3.05) is 25.3 Å². The van der Waals surface area contributed by atoms with Gasteiger partial charge in [0.1, 0.15) is 0 Å². The first kappa shape index (κ1) is 20.5. The molecule has 0 aliphatic carbocycles. The number of urea groups is 1. The molecule has 4 amide bonds. The van der Waals surface area contributed by atoms with E-state index in [4.69, 9.17) is 9.47 Å². The average molecular weight is 415 g/mol. The molecule has 8 nitrogen and oxygen atoms in total. The summed E-state index contributed by atoms with van der Waals surface area (Å²) >= 11 is 1.01. The highest BCUT2D eigenvalue weighted by molar-refractivity contribution is 8.14. The van der Waals surface area contributed by atoms with Crippen molar-refractivity contribution in [2.24, 2.45) is 0 Å². The number of carbonyl (C=O) groups is 3. The van der Waals surface area contributed by atoms with E-state index in [1.165, 1.54) is 4.90 Å². The van der Waals surface area contributed by atoms with E-state index in [9.17, 15) is 14.4 Å². The molecule has 2 aromatic carbocycles. The summed E-state index contributed by atoms with van der Waals surface area (Å²) in [6.07, 6.45) is 0. The number of nitrogens with one attached hydrogen (secondary N) is 2. The number of thioether (sulfide) groups is 1. The van der Waals surface area contributed by atoms with Crippen LogP contribution in [0.1, 0.15) is 11.1 Å². The fourth-order valence-corrected chi connectivity index (χ4v) is 3.48. The maximum atomic E-state index is 12.1. The summed E-state index contributed by atoms with van der Waals surface area (Å²) in [5.74, 6) is 1.23. The maximum absolute atomic E-state index is 12.1. The van der Waals surface area contributed by atoms with Crippen molar-refractivity contribution in [3.63, 3.8) is 0 Å². The number of hydrogen-bond acceptors (Lipinski definition) is 6. The molecular weight excluding hydrogens is 394 g/mol. The van der Waals surface area contributed by atoms with Gasteiger partial charge in [0.05, 0.1) is 26.5 Å². The summed E-state index contributed by atoms with van der Waals surface area (Å²) in [7, 11) is 3.12. The van der Waals surface area contributed by atoms with Crippen LogP contribution in [0.3, 0.4) is 0 Å². The van der Waals surface area contributed by atoms with Gasteiger partial charge in [-0.2, -0.15) is 0 Å². The molecule has 29 heavy (non-hydrogen) atoms. The first-order chi connectivity index (χ1) is 14.0. The molecule has 1 aliphatic heterocycles. The number of amides is 4. The quantitative estimate of drug-likeness (QED) is 0.721. The van der Waals surface area contributed by atoms with E-state index in [0.29, 0.717) is 23.7 Å². The maximum Gasteiger partial charge on any atom is 0.319 e. The second-order valence-electron chi connectivity index (χ2n) is 6.23. The monoisotopic (exact) mass is 415 g/mol. The minimum atomic E-state index is -0.353. The van der Waals surface area contributed by atoms with Crippen molar-refractivity contribution in [1.29, 1.82) is 0 Å². The third kappa shape index (κ3) is 5.20. The number of rotatable bonds is 7. The Balaban J connectivity index is 1.52. The molecule has 0 radical (unpaired) electrons. The molecule has 3 rings (SSSR count). The van der Waals surface area contributed by atoms with Gasteiger partial charge in [0.2, 0.25) is 5.91 Å². The fourth-order valence-electron chi connectivity index (χ4n) is 2.76. The highest BCUT2D eigenvalue weighted by atomic mass is 32.2. The zero-order valence-corrected chi connectivity index (χ0v) is 16.9. The van der Waals surface area contributed by atoms with Gasteiger partial charge in [0.15, 0.2) is 11.5 Å². The zero-order valence-electron chi connectivity index (χ0n) is 16.1. The van der Waals surface area contributed by atoms with Gasteiger partial charge in [0, 0.05) is 12.2 Å². The van der Waals surface area contributed by atoms with Crippen LogP contribution in [0.2, 0.25) is 0 Å². The molecule has 0 unspecified atom stereocenters. The Morgan fingerprint density at radius 2 is 1.72 bits per heavy atom. The van der Waals surface area contributed by atoms with Crippen LogP contribution >= 0.6 is 11.8 Å². The molecule has 0 spiro atoms. The normalized spacial score (nSPS) is 13.4. The summed E-state index contributed by atoms with van der Waals surface area (Å²) < 4.78 is 10.4. The van der Waals surface area contributed by atoms with Gasteiger partial charge in [-0.1, -0.05) is 30.0 Å². The van der Waals surface area contributed by atoms with E-state index >= 15 is 0 Å². The van der Waals surface area contributed by atoms with E-state index < -0.39 is 0 Å². The van der Waals surface area contributed by atoms with Gasteiger partial charge in [-0.15, -0.1) is 0 Å². The summed E-state index contributed by atoms with van der Waals surface area (Å²) in [6.45, 7) is 0.553. The molecule has 0 aromatic heterocycles. The summed E-state index contributed by atoms with van der Waals surface area (Å²) in [4.78, 5) is 36.7. The van der Waals surface area contributed by atoms with Crippen molar-refractivity contribution in [3.05, 3.63) is 53.6 Å². The first-order valence-electron chi connectivity index (χ1n) is 8.82. The minimum absolute atomic E-state index is 0.184. The molecule has 0 atom stereocenters. The van der Waals surface area contributed by atoms with Gasteiger partial charge in [-0.25, -0.2) is 4.79 Å². The molecule has 2 N–H and O–H groups in total. The highest BCUT2D eigenvalue weighted by Crippen LogP contribution is 2.27. The number of nitrogens with zero attached hydrogens (tertiary/aromatic N) is 1. The first-order valence-corrected chi connectivity index (χ1v) is 9.80. The molecule has 1 fully saturated rings. The standard InChI is InChI=1S/C20H21N3O5S/c1-27-16-8-5-14(9-17(16)28-2)10-21-19(25)22-15-6-3-13(4-7-15)11-23-18(24)12-29-20(23)26/h3-9H,10-12H2,1-2H3,(H2,21,22,25). The highest BCUT2D eigenvalue weighted by Gasteiger charge is 2.29. The van der Waals surface area contributed by atoms with Crippen LogP contribution in [0.25, 0.3) is 0 Å².